The third-order valence-electron chi connectivity index (χ3n) is 2.86. The van der Waals surface area contributed by atoms with E-state index in [1.54, 1.807) is 7.11 Å². The number of anilines is 1. The summed E-state index contributed by atoms with van der Waals surface area (Å²) in [7, 11) is 1.62. The van der Waals surface area contributed by atoms with Gasteiger partial charge in [-0.3, -0.25) is 0 Å². The van der Waals surface area contributed by atoms with Crippen LogP contribution in [-0.2, 0) is 0 Å². The number of aromatic nitrogens is 2. The molecule has 1 fully saturated rings. The van der Waals surface area contributed by atoms with Crippen LogP contribution in [0.25, 0.3) is 0 Å². The highest BCUT2D eigenvalue weighted by Gasteiger charge is 2.45. The van der Waals surface area contributed by atoms with E-state index in [1.165, 1.54) is 6.42 Å². The van der Waals surface area contributed by atoms with Crippen LogP contribution in [0.15, 0.2) is 6.07 Å². The van der Waals surface area contributed by atoms with Crippen molar-refractivity contribution in [1.82, 2.24) is 9.97 Å². The zero-order valence-corrected chi connectivity index (χ0v) is 9.66. The molecule has 0 aromatic carbocycles. The summed E-state index contributed by atoms with van der Waals surface area (Å²) in [5, 5.41) is 3.39. The molecular weight excluding hydrogens is 190 g/mol. The van der Waals surface area contributed by atoms with Gasteiger partial charge in [-0.2, -0.15) is 4.98 Å². The van der Waals surface area contributed by atoms with Crippen LogP contribution in [0.3, 0.4) is 0 Å². The number of hydrogen-bond acceptors (Lipinski definition) is 4. The Morgan fingerprint density at radius 3 is 2.67 bits per heavy atom. The van der Waals surface area contributed by atoms with E-state index >= 15 is 0 Å². The molecule has 0 saturated heterocycles. The van der Waals surface area contributed by atoms with Crippen LogP contribution in [0.4, 0.5) is 5.82 Å². The molecule has 0 radical (unpaired) electrons. The van der Waals surface area contributed by atoms with Crippen molar-refractivity contribution in [3.63, 3.8) is 0 Å². The second-order valence-electron chi connectivity index (χ2n) is 4.73. The van der Waals surface area contributed by atoms with Crippen molar-refractivity contribution in [3.05, 3.63) is 11.9 Å². The molecule has 4 nitrogen and oxygen atoms in total. The highest BCUT2D eigenvalue weighted by molar-refractivity contribution is 5.41. The number of hydrogen-bond donors (Lipinski definition) is 1. The normalized spacial score (nSPS) is 22.3. The van der Waals surface area contributed by atoms with Gasteiger partial charge in [0, 0.05) is 12.1 Å². The number of methoxy groups -OCH3 is 1. The summed E-state index contributed by atoms with van der Waals surface area (Å²) < 4.78 is 5.10. The van der Waals surface area contributed by atoms with Gasteiger partial charge in [0.2, 0.25) is 5.88 Å². The maximum absolute atomic E-state index is 5.10. The second kappa shape index (κ2) is 3.36. The van der Waals surface area contributed by atoms with Gasteiger partial charge in [-0.05, 0) is 18.8 Å². The van der Waals surface area contributed by atoms with Crippen LogP contribution in [0, 0.1) is 12.3 Å². The van der Waals surface area contributed by atoms with Gasteiger partial charge in [0.05, 0.1) is 7.11 Å². The van der Waals surface area contributed by atoms with Gasteiger partial charge in [-0.1, -0.05) is 13.8 Å². The highest BCUT2D eigenvalue weighted by atomic mass is 16.5. The smallest absolute Gasteiger partial charge is 0.218 e. The Morgan fingerprint density at radius 2 is 2.13 bits per heavy atom. The Kier molecular flexibility index (Phi) is 2.29. The first-order chi connectivity index (χ1) is 7.01. The molecule has 4 heteroatoms. The molecule has 1 aromatic heterocycles. The number of nitrogens with one attached hydrogen (secondary N) is 1. The van der Waals surface area contributed by atoms with E-state index in [0.29, 0.717) is 17.3 Å². The first-order valence-electron chi connectivity index (χ1n) is 5.17. The largest absolute Gasteiger partial charge is 0.481 e. The number of rotatable bonds is 3. The maximum Gasteiger partial charge on any atom is 0.218 e. The summed E-state index contributed by atoms with van der Waals surface area (Å²) in [6.07, 6.45) is 1.19. The maximum atomic E-state index is 5.10. The second-order valence-corrected chi connectivity index (χ2v) is 4.73. The summed E-state index contributed by atoms with van der Waals surface area (Å²) in [4.78, 5) is 8.47. The van der Waals surface area contributed by atoms with E-state index in [1.807, 2.05) is 13.0 Å². The molecule has 1 N–H and O–H groups in total. The summed E-state index contributed by atoms with van der Waals surface area (Å²) in [5.74, 6) is 2.20. The monoisotopic (exact) mass is 207 g/mol. The Morgan fingerprint density at radius 1 is 1.47 bits per heavy atom. The molecule has 82 valence electrons. The zero-order valence-electron chi connectivity index (χ0n) is 9.66. The number of ether oxygens (including phenoxy) is 1. The fraction of sp³-hybridized carbons (Fsp3) is 0.636. The van der Waals surface area contributed by atoms with Crippen LogP contribution in [-0.4, -0.2) is 23.1 Å². The third kappa shape index (κ3) is 2.19. The van der Waals surface area contributed by atoms with Crippen LogP contribution in [0.1, 0.15) is 26.1 Å². The first-order valence-corrected chi connectivity index (χ1v) is 5.17. The Labute approximate surface area is 90.1 Å². The molecule has 0 bridgehead atoms. The molecule has 1 aliphatic carbocycles. The predicted octanol–water partition coefficient (Wildman–Crippen LogP) is 2.00. The molecule has 1 heterocycles. The van der Waals surface area contributed by atoms with Gasteiger partial charge in [-0.25, -0.2) is 4.98 Å². The fourth-order valence-corrected chi connectivity index (χ4v) is 1.61. The van der Waals surface area contributed by atoms with E-state index in [9.17, 15) is 0 Å². The SMILES string of the molecule is COc1cc(NC2CC2(C)C)nc(C)n1. The summed E-state index contributed by atoms with van der Waals surface area (Å²) in [5.41, 5.74) is 0.395. The van der Waals surface area contributed by atoms with Crippen LogP contribution in [0.5, 0.6) is 5.88 Å². The van der Waals surface area contributed by atoms with E-state index in [4.69, 9.17) is 4.74 Å². The quantitative estimate of drug-likeness (QED) is 0.823. The zero-order chi connectivity index (χ0) is 11.1. The van der Waals surface area contributed by atoms with Gasteiger partial charge in [0.25, 0.3) is 0 Å². The van der Waals surface area contributed by atoms with Crippen molar-refractivity contribution in [3.8, 4) is 5.88 Å². The lowest BCUT2D eigenvalue weighted by Crippen LogP contribution is -2.10. The molecule has 1 atom stereocenters. The van der Waals surface area contributed by atoms with Crippen molar-refractivity contribution < 1.29 is 4.74 Å². The van der Waals surface area contributed by atoms with Crippen molar-refractivity contribution in [2.45, 2.75) is 33.2 Å². The Bertz CT molecular complexity index is 376. The summed E-state index contributed by atoms with van der Waals surface area (Å²) in [6, 6.07) is 2.36. The van der Waals surface area contributed by atoms with Gasteiger partial charge < -0.3 is 10.1 Å². The molecule has 1 saturated carbocycles. The van der Waals surface area contributed by atoms with E-state index < -0.39 is 0 Å². The predicted molar refractivity (Wildman–Crippen MR) is 59.1 cm³/mol. The van der Waals surface area contributed by atoms with Crippen molar-refractivity contribution >= 4 is 5.82 Å². The average Bonchev–Trinajstić information content (AvgIpc) is 2.72. The lowest BCUT2D eigenvalue weighted by atomic mass is 10.2. The topological polar surface area (TPSA) is 47.0 Å². The summed E-state index contributed by atoms with van der Waals surface area (Å²) in [6.45, 7) is 6.36. The minimum Gasteiger partial charge on any atom is -0.481 e. The standard InChI is InChI=1S/C11H17N3O/c1-7-12-9(5-10(13-7)15-4)14-8-6-11(8,2)3/h5,8H,6H2,1-4H3,(H,12,13,14). The minimum atomic E-state index is 0.395. The molecule has 2 rings (SSSR count). The molecule has 0 spiro atoms. The molecular formula is C11H17N3O. The van der Waals surface area contributed by atoms with Crippen LogP contribution >= 0.6 is 0 Å². The molecule has 0 aliphatic heterocycles. The van der Waals surface area contributed by atoms with Gasteiger partial charge >= 0.3 is 0 Å². The van der Waals surface area contributed by atoms with E-state index in [-0.39, 0.29) is 0 Å². The fourth-order valence-electron chi connectivity index (χ4n) is 1.61. The lowest BCUT2D eigenvalue weighted by Gasteiger charge is -2.09. The van der Waals surface area contributed by atoms with E-state index in [2.05, 4.69) is 29.1 Å². The minimum absolute atomic E-state index is 0.395. The average molecular weight is 207 g/mol. The van der Waals surface area contributed by atoms with Gasteiger partial charge in [0.1, 0.15) is 11.6 Å². The highest BCUT2D eigenvalue weighted by Crippen LogP contribution is 2.46. The Balaban J connectivity index is 2.11. The van der Waals surface area contributed by atoms with Gasteiger partial charge in [0.15, 0.2) is 0 Å². The summed E-state index contributed by atoms with van der Waals surface area (Å²) >= 11 is 0. The van der Waals surface area contributed by atoms with Crippen molar-refractivity contribution in [2.24, 2.45) is 5.41 Å². The van der Waals surface area contributed by atoms with Gasteiger partial charge in [-0.15, -0.1) is 0 Å². The third-order valence-corrected chi connectivity index (χ3v) is 2.86. The molecule has 1 unspecified atom stereocenters. The van der Waals surface area contributed by atoms with Crippen molar-refractivity contribution in [2.75, 3.05) is 12.4 Å². The Hall–Kier alpha value is -1.32. The molecule has 1 aliphatic rings. The lowest BCUT2D eigenvalue weighted by molar-refractivity contribution is 0.396. The molecule has 0 amide bonds. The number of nitrogens with zero attached hydrogens (tertiary/aromatic N) is 2. The molecule has 15 heavy (non-hydrogen) atoms. The van der Waals surface area contributed by atoms with E-state index in [0.717, 1.165) is 11.6 Å². The van der Waals surface area contributed by atoms with Crippen LogP contribution < -0.4 is 10.1 Å². The first kappa shape index (κ1) is 10.2. The molecule has 1 aromatic rings. The number of aryl methyl sites for hydroxylation is 1. The van der Waals surface area contributed by atoms with Crippen molar-refractivity contribution in [1.29, 1.82) is 0 Å². The van der Waals surface area contributed by atoms with Crippen LogP contribution in [0.2, 0.25) is 0 Å².